The average molecular weight is 1050 g/mol. The topological polar surface area (TPSA) is 82.3 Å². The van der Waals surface area contributed by atoms with Gasteiger partial charge in [0.2, 0.25) is 5.95 Å². The van der Waals surface area contributed by atoms with Crippen LogP contribution in [0.15, 0.2) is 273 Å². The van der Waals surface area contributed by atoms with E-state index in [0.717, 1.165) is 94.1 Å². The fourth-order valence-electron chi connectivity index (χ4n) is 12.1. The Morgan fingerprint density at radius 3 is 1.23 bits per heavy atom. The number of hydrogen-bond acceptors (Lipinski definition) is 6. The van der Waals surface area contributed by atoms with E-state index >= 15 is 0 Å². The van der Waals surface area contributed by atoms with Crippen LogP contribution in [0.2, 0.25) is 0 Å². The molecular formula is C75H51N7. The van der Waals surface area contributed by atoms with Crippen LogP contribution in [0.5, 0.6) is 0 Å². The molecule has 0 bridgehead atoms. The van der Waals surface area contributed by atoms with Crippen LogP contribution in [0.25, 0.3) is 140 Å². The molecule has 11 aromatic carbocycles. The normalized spacial score (nSPS) is 12.4. The van der Waals surface area contributed by atoms with E-state index < -0.39 is 0 Å². The second-order valence-electron chi connectivity index (χ2n) is 21.5. The van der Waals surface area contributed by atoms with Gasteiger partial charge in [-0.1, -0.05) is 244 Å². The monoisotopic (exact) mass is 1050 g/mol. The molecule has 3 heterocycles. The lowest BCUT2D eigenvalue weighted by Crippen LogP contribution is -2.15. The van der Waals surface area contributed by atoms with Crippen LogP contribution in [-0.4, -0.2) is 34.5 Å². The largest absolute Gasteiger partial charge is 0.278 e. The van der Waals surface area contributed by atoms with Crippen LogP contribution in [0.1, 0.15) is 25.0 Å². The van der Waals surface area contributed by atoms with Gasteiger partial charge in [-0.25, -0.2) is 19.9 Å². The van der Waals surface area contributed by atoms with Crippen molar-refractivity contribution >= 4 is 21.8 Å². The molecule has 3 aromatic heterocycles. The highest BCUT2D eigenvalue weighted by atomic mass is 15.2. The van der Waals surface area contributed by atoms with E-state index in [9.17, 15) is 0 Å². The van der Waals surface area contributed by atoms with Crippen molar-refractivity contribution in [1.82, 2.24) is 34.5 Å². The summed E-state index contributed by atoms with van der Waals surface area (Å²) in [6.45, 7) is 4.66. The predicted molar refractivity (Wildman–Crippen MR) is 334 cm³/mol. The molecule has 7 nitrogen and oxygen atoms in total. The summed E-state index contributed by atoms with van der Waals surface area (Å²) in [7, 11) is 0. The highest BCUT2D eigenvalue weighted by molar-refractivity contribution is 6.11. The zero-order valence-electron chi connectivity index (χ0n) is 45.1. The Kier molecular flexibility index (Phi) is 11.7. The standard InChI is InChI=1S/C75H51N7/c1-75(2)64-40-20-18-38-58(64)62-46-63-59-39-19-21-41-66(59)82(67(63)47-65(62)75)74-80-71(52-32-16-7-17-33-52)79-73(81-74)55-36-22-34-53(42-55)57-44-60(48-24-8-3-9-25-48)68(61(45-57)49-26-10-4-11-27-49)54-35-23-37-56(43-54)72-77-69(50-28-12-5-13-29-50)76-70(78-72)51-30-14-6-15-31-51/h3-47H,1-2H3. The van der Waals surface area contributed by atoms with Crippen molar-refractivity contribution in [1.29, 1.82) is 0 Å². The molecule has 14 aromatic rings. The second kappa shape index (κ2) is 19.9. The summed E-state index contributed by atoms with van der Waals surface area (Å²) in [5.41, 5.74) is 20.2. The lowest BCUT2D eigenvalue weighted by atomic mass is 9.82. The fraction of sp³-hybridized carbons (Fsp3) is 0.0400. The summed E-state index contributed by atoms with van der Waals surface area (Å²) in [6, 6.07) is 95.9. The van der Waals surface area contributed by atoms with Crippen molar-refractivity contribution < 1.29 is 0 Å². The Hall–Kier alpha value is -10.8. The van der Waals surface area contributed by atoms with Crippen molar-refractivity contribution in [3.05, 3.63) is 284 Å². The molecule has 1 aliphatic rings. The van der Waals surface area contributed by atoms with Gasteiger partial charge in [-0.3, -0.25) is 4.57 Å². The van der Waals surface area contributed by atoms with Gasteiger partial charge in [0.05, 0.1) is 11.0 Å². The molecule has 0 spiro atoms. The quantitative estimate of drug-likeness (QED) is 0.136. The van der Waals surface area contributed by atoms with E-state index in [1.165, 1.54) is 22.3 Å². The molecule has 0 atom stereocenters. The third kappa shape index (κ3) is 8.46. The Balaban J connectivity index is 0.903. The molecule has 0 N–H and O–H groups in total. The maximum Gasteiger partial charge on any atom is 0.238 e. The smallest absolute Gasteiger partial charge is 0.238 e. The molecule has 0 saturated heterocycles. The Morgan fingerprint density at radius 1 is 0.256 bits per heavy atom. The Morgan fingerprint density at radius 2 is 0.671 bits per heavy atom. The summed E-state index contributed by atoms with van der Waals surface area (Å²) in [5.74, 6) is 3.56. The number of benzene rings is 11. The number of hydrogen-bond donors (Lipinski definition) is 0. The summed E-state index contributed by atoms with van der Waals surface area (Å²) >= 11 is 0. The van der Waals surface area contributed by atoms with Crippen molar-refractivity contribution in [3.8, 4) is 119 Å². The van der Waals surface area contributed by atoms with Gasteiger partial charge in [0, 0.05) is 44.0 Å². The fourth-order valence-corrected chi connectivity index (χ4v) is 12.1. The molecule has 0 saturated carbocycles. The van der Waals surface area contributed by atoms with E-state index in [4.69, 9.17) is 29.9 Å². The van der Waals surface area contributed by atoms with E-state index in [2.05, 4.69) is 213 Å². The van der Waals surface area contributed by atoms with E-state index in [0.29, 0.717) is 35.1 Å². The maximum absolute atomic E-state index is 5.47. The van der Waals surface area contributed by atoms with Crippen LogP contribution in [0, 0.1) is 0 Å². The zero-order valence-corrected chi connectivity index (χ0v) is 45.1. The van der Waals surface area contributed by atoms with Crippen LogP contribution in [0.3, 0.4) is 0 Å². The van der Waals surface area contributed by atoms with E-state index in [1.54, 1.807) is 0 Å². The minimum Gasteiger partial charge on any atom is -0.278 e. The average Bonchev–Trinajstić information content (AvgIpc) is 4.07. The van der Waals surface area contributed by atoms with Crippen molar-refractivity contribution in [2.24, 2.45) is 0 Å². The van der Waals surface area contributed by atoms with Crippen LogP contribution in [-0.2, 0) is 5.41 Å². The van der Waals surface area contributed by atoms with Crippen molar-refractivity contribution in [3.63, 3.8) is 0 Å². The molecule has 0 fully saturated rings. The van der Waals surface area contributed by atoms with Gasteiger partial charge in [-0.2, -0.15) is 9.97 Å². The molecule has 82 heavy (non-hydrogen) atoms. The Bertz CT molecular complexity index is 4630. The second-order valence-corrected chi connectivity index (χ2v) is 21.5. The van der Waals surface area contributed by atoms with Crippen molar-refractivity contribution in [2.75, 3.05) is 0 Å². The third-order valence-corrected chi connectivity index (χ3v) is 16.1. The van der Waals surface area contributed by atoms with E-state index in [1.807, 2.05) is 78.9 Å². The number of nitrogens with zero attached hydrogens (tertiary/aromatic N) is 7. The summed E-state index contributed by atoms with van der Waals surface area (Å²) < 4.78 is 2.24. The first-order chi connectivity index (χ1) is 40.4. The molecule has 0 radical (unpaired) electrons. The number of rotatable bonds is 10. The van der Waals surface area contributed by atoms with Gasteiger partial charge in [0.1, 0.15) is 0 Å². The number of para-hydroxylation sites is 1. The summed E-state index contributed by atoms with van der Waals surface area (Å²) in [6.07, 6.45) is 0. The molecule has 0 unspecified atom stereocenters. The van der Waals surface area contributed by atoms with Gasteiger partial charge in [0.25, 0.3) is 0 Å². The predicted octanol–water partition coefficient (Wildman–Crippen LogP) is 18.5. The number of fused-ring (bicyclic) bond motifs is 6. The minimum absolute atomic E-state index is 0.195. The van der Waals surface area contributed by atoms with Gasteiger partial charge in [-0.05, 0) is 109 Å². The van der Waals surface area contributed by atoms with E-state index in [-0.39, 0.29) is 5.41 Å². The minimum atomic E-state index is -0.195. The number of aromatic nitrogens is 7. The van der Waals surface area contributed by atoms with Gasteiger partial charge >= 0.3 is 0 Å². The first-order valence-electron chi connectivity index (χ1n) is 27.8. The third-order valence-electron chi connectivity index (χ3n) is 16.1. The lowest BCUT2D eigenvalue weighted by molar-refractivity contribution is 0.661. The van der Waals surface area contributed by atoms with Gasteiger partial charge in [0.15, 0.2) is 29.1 Å². The molecule has 0 amide bonds. The first kappa shape index (κ1) is 48.4. The van der Waals surface area contributed by atoms with Gasteiger partial charge < -0.3 is 0 Å². The summed E-state index contributed by atoms with van der Waals surface area (Å²) in [5, 5.41) is 2.30. The highest BCUT2D eigenvalue weighted by Crippen LogP contribution is 2.51. The molecule has 0 aliphatic heterocycles. The summed E-state index contributed by atoms with van der Waals surface area (Å²) in [4.78, 5) is 31.4. The molecular weight excluding hydrogens is 999 g/mol. The first-order valence-corrected chi connectivity index (χ1v) is 27.8. The van der Waals surface area contributed by atoms with Crippen LogP contribution in [0.4, 0.5) is 0 Å². The van der Waals surface area contributed by atoms with Crippen LogP contribution < -0.4 is 0 Å². The Labute approximate surface area is 475 Å². The molecule has 386 valence electrons. The molecule has 15 rings (SSSR count). The zero-order chi connectivity index (χ0) is 54.7. The van der Waals surface area contributed by atoms with Gasteiger partial charge in [-0.15, -0.1) is 0 Å². The maximum atomic E-state index is 5.47. The SMILES string of the molecule is CC1(C)c2ccccc2-c2cc3c4ccccc4n(-c4nc(-c5ccccc5)nc(-c5cccc(-c6cc(-c7ccccc7)c(-c7cccc(-c8nc(-c9ccccc9)nc(-c9ccccc9)n8)c7)c(-c7ccccc7)c6)c5)n4)c3cc21. The van der Waals surface area contributed by atoms with Crippen molar-refractivity contribution in [2.45, 2.75) is 19.3 Å². The van der Waals surface area contributed by atoms with Crippen LogP contribution >= 0.6 is 0 Å². The lowest BCUT2D eigenvalue weighted by Gasteiger charge is -2.21. The molecule has 7 heteroatoms. The highest BCUT2D eigenvalue weighted by Gasteiger charge is 2.36. The molecule has 1 aliphatic carbocycles.